The Bertz CT molecular complexity index is 1620. The summed E-state index contributed by atoms with van der Waals surface area (Å²) in [7, 11) is 0. The first-order chi connectivity index (χ1) is 18.7. The van der Waals surface area contributed by atoms with Gasteiger partial charge in [0.15, 0.2) is 5.78 Å². The van der Waals surface area contributed by atoms with Crippen molar-refractivity contribution in [1.29, 1.82) is 0 Å². The third kappa shape index (κ3) is 4.01. The Labute approximate surface area is 230 Å². The highest BCUT2D eigenvalue weighted by molar-refractivity contribution is 7.21. The van der Waals surface area contributed by atoms with Crippen molar-refractivity contribution >= 4 is 38.8 Å². The van der Waals surface area contributed by atoms with Gasteiger partial charge in [-0.3, -0.25) is 9.59 Å². The Morgan fingerprint density at radius 3 is 2.46 bits per heavy atom. The van der Waals surface area contributed by atoms with Gasteiger partial charge in [0, 0.05) is 28.7 Å². The van der Waals surface area contributed by atoms with E-state index in [1.54, 1.807) is 18.2 Å². The van der Waals surface area contributed by atoms with Gasteiger partial charge in [0.1, 0.15) is 17.0 Å². The Balaban J connectivity index is 1.46. The Morgan fingerprint density at radius 2 is 1.77 bits per heavy atom. The molecular weight excluding hydrogens is 510 g/mol. The van der Waals surface area contributed by atoms with Gasteiger partial charge in [0.25, 0.3) is 5.91 Å². The van der Waals surface area contributed by atoms with E-state index in [1.807, 2.05) is 49.4 Å². The van der Waals surface area contributed by atoms with E-state index in [1.165, 1.54) is 11.3 Å². The van der Waals surface area contributed by atoms with E-state index in [4.69, 9.17) is 27.7 Å². The molecule has 200 valence electrons. The fraction of sp³-hybridized carbons (Fsp3) is 0.267. The summed E-state index contributed by atoms with van der Waals surface area (Å²) in [6, 6.07) is 17.1. The Kier molecular flexibility index (Phi) is 6.19. The number of nitrogen functional groups attached to an aromatic ring is 1. The van der Waals surface area contributed by atoms with Crippen LogP contribution in [-0.2, 0) is 10.3 Å². The summed E-state index contributed by atoms with van der Waals surface area (Å²) < 4.78 is 6.68. The average molecular weight is 542 g/mol. The molecule has 1 amide bonds. The fourth-order valence-electron chi connectivity index (χ4n) is 6.00. The summed E-state index contributed by atoms with van der Waals surface area (Å²) in [5, 5.41) is 3.74. The molecule has 4 aromatic rings. The van der Waals surface area contributed by atoms with Crippen molar-refractivity contribution in [3.63, 3.8) is 0 Å². The number of thiophene rings is 1. The number of benzene rings is 3. The van der Waals surface area contributed by atoms with Crippen molar-refractivity contribution < 1.29 is 14.3 Å². The zero-order chi connectivity index (χ0) is 27.5. The molecule has 0 bridgehead atoms. The number of Topliss-reactive ketones (excluding diaryl/α,β-unsaturated/α-hetero) is 1. The van der Waals surface area contributed by atoms with Crippen LogP contribution in [0.1, 0.15) is 57.2 Å². The third-order valence-electron chi connectivity index (χ3n) is 8.01. The van der Waals surface area contributed by atoms with Crippen molar-refractivity contribution in [2.45, 2.75) is 49.9 Å². The van der Waals surface area contributed by atoms with E-state index < -0.39 is 11.6 Å². The van der Waals surface area contributed by atoms with Crippen molar-refractivity contribution in [1.82, 2.24) is 5.32 Å². The number of para-hydroxylation sites is 1. The second-order valence-electron chi connectivity index (χ2n) is 10.5. The van der Waals surface area contributed by atoms with Crippen LogP contribution in [0, 0.1) is 6.92 Å². The molecule has 6 rings (SSSR count). The second kappa shape index (κ2) is 9.46. The number of amides is 1. The summed E-state index contributed by atoms with van der Waals surface area (Å²) in [5.74, 6) is 0.660. The minimum Gasteiger partial charge on any atom is -0.457 e. The van der Waals surface area contributed by atoms with Crippen LogP contribution < -0.4 is 33.0 Å². The molecule has 1 fully saturated rings. The molecule has 9 N–H and O–H groups in total. The summed E-state index contributed by atoms with van der Waals surface area (Å²) in [4.78, 5) is 27.9. The highest BCUT2D eigenvalue weighted by atomic mass is 32.1. The summed E-state index contributed by atoms with van der Waals surface area (Å²) in [6.07, 6.45) is 2.65. The number of ketones is 1. The zero-order valence-electron chi connectivity index (χ0n) is 21.6. The molecule has 8 nitrogen and oxygen atoms in total. The van der Waals surface area contributed by atoms with Crippen LogP contribution in [0.2, 0.25) is 0 Å². The van der Waals surface area contributed by atoms with E-state index in [2.05, 4.69) is 5.32 Å². The predicted molar refractivity (Wildman–Crippen MR) is 154 cm³/mol. The largest absolute Gasteiger partial charge is 0.457 e. The lowest BCUT2D eigenvalue weighted by Crippen LogP contribution is -2.53. The lowest BCUT2D eigenvalue weighted by molar-refractivity contribution is -0.124. The van der Waals surface area contributed by atoms with Crippen LogP contribution in [0.15, 0.2) is 60.7 Å². The molecule has 0 aliphatic heterocycles. The van der Waals surface area contributed by atoms with Gasteiger partial charge in [-0.25, -0.2) is 0 Å². The second-order valence-corrected chi connectivity index (χ2v) is 11.5. The molecule has 39 heavy (non-hydrogen) atoms. The van der Waals surface area contributed by atoms with Gasteiger partial charge in [-0.1, -0.05) is 30.3 Å². The number of hydrogen-bond acceptors (Lipinski definition) is 8. The maximum Gasteiger partial charge on any atom is 0.262 e. The molecule has 1 saturated carbocycles. The van der Waals surface area contributed by atoms with E-state index >= 15 is 0 Å². The monoisotopic (exact) mass is 541 g/mol. The zero-order valence-corrected chi connectivity index (χ0v) is 22.4. The van der Waals surface area contributed by atoms with Gasteiger partial charge in [0.2, 0.25) is 0 Å². The van der Waals surface area contributed by atoms with Crippen LogP contribution in [0.25, 0.3) is 10.1 Å². The molecule has 0 spiro atoms. The smallest absolute Gasteiger partial charge is 0.262 e. The lowest BCUT2D eigenvalue weighted by Gasteiger charge is -2.37. The van der Waals surface area contributed by atoms with Gasteiger partial charge in [-0.2, -0.15) is 0 Å². The number of nitrogens with two attached hydrogens (primary N) is 4. The van der Waals surface area contributed by atoms with Crippen LogP contribution in [0.3, 0.4) is 0 Å². The van der Waals surface area contributed by atoms with Crippen LogP contribution in [0.5, 0.6) is 11.5 Å². The summed E-state index contributed by atoms with van der Waals surface area (Å²) in [6.45, 7) is 1.89. The number of carbonyl (C=O) groups is 2. The standard InChI is InChI=1S/C30H31N5O3S/c1-15-14-17(38-16-6-3-2-4-7-16)10-11-18(15)30(34)19-12-13-21(32)26-23(19)24(25(33)28(30)36)27(39-26)29(37)35-22-9-5-8-20(22)31/h2-4,6-7,10-14,20,22,25H,5,8-9,31-34H2,1H3,(H,35,37)/t20-,22+,25?,30?/m1/s1. The van der Waals surface area contributed by atoms with E-state index in [0.717, 1.165) is 24.8 Å². The summed E-state index contributed by atoms with van der Waals surface area (Å²) in [5.41, 5.74) is 27.7. The molecule has 1 heterocycles. The average Bonchev–Trinajstić information content (AvgIpc) is 3.52. The van der Waals surface area contributed by atoms with Gasteiger partial charge >= 0.3 is 0 Å². The number of hydrogen-bond donors (Lipinski definition) is 5. The molecule has 0 saturated heterocycles. The van der Waals surface area contributed by atoms with Crippen molar-refractivity contribution in [3.05, 3.63) is 87.8 Å². The molecule has 4 atom stereocenters. The maximum atomic E-state index is 14.1. The van der Waals surface area contributed by atoms with Crippen molar-refractivity contribution in [2.24, 2.45) is 17.2 Å². The van der Waals surface area contributed by atoms with Gasteiger partial charge in [-0.15, -0.1) is 11.3 Å². The number of aryl methyl sites for hydroxylation is 1. The number of nitrogens with one attached hydrogen (secondary N) is 1. The molecule has 9 heteroatoms. The topological polar surface area (TPSA) is 159 Å². The van der Waals surface area contributed by atoms with Crippen LogP contribution in [0.4, 0.5) is 5.69 Å². The first-order valence-corrected chi connectivity index (χ1v) is 13.9. The van der Waals surface area contributed by atoms with E-state index in [9.17, 15) is 9.59 Å². The quantitative estimate of drug-likeness (QED) is 0.239. The number of rotatable bonds is 5. The SMILES string of the molecule is Cc1cc(Oc2ccccc2)ccc1C1(N)C(=O)C(N)c2c(C(=O)N[C@H]3CCC[C@H]3N)sc3c(N)ccc1c23. The predicted octanol–water partition coefficient (Wildman–Crippen LogP) is 3.98. The number of ether oxygens (including phenoxy) is 1. The molecule has 0 radical (unpaired) electrons. The maximum absolute atomic E-state index is 14.1. The van der Waals surface area contributed by atoms with Crippen LogP contribution >= 0.6 is 11.3 Å². The highest BCUT2D eigenvalue weighted by Crippen LogP contribution is 2.50. The number of carbonyl (C=O) groups excluding carboxylic acids is 2. The lowest BCUT2D eigenvalue weighted by atomic mass is 9.69. The van der Waals surface area contributed by atoms with Crippen molar-refractivity contribution in [3.8, 4) is 11.5 Å². The third-order valence-corrected chi connectivity index (χ3v) is 9.26. The highest BCUT2D eigenvalue weighted by Gasteiger charge is 2.49. The normalized spacial score (nSPS) is 24.2. The van der Waals surface area contributed by atoms with E-state index in [-0.39, 0.29) is 23.8 Å². The molecule has 3 aromatic carbocycles. The van der Waals surface area contributed by atoms with Crippen molar-refractivity contribution in [2.75, 3.05) is 5.73 Å². The minimum atomic E-state index is -1.53. The van der Waals surface area contributed by atoms with E-state index in [0.29, 0.717) is 48.8 Å². The Hall–Kier alpha value is -3.76. The first kappa shape index (κ1) is 25.5. The molecular formula is C30H31N5O3S. The van der Waals surface area contributed by atoms with Gasteiger partial charge < -0.3 is 33.0 Å². The van der Waals surface area contributed by atoms with Gasteiger partial charge in [0.05, 0.1) is 15.6 Å². The van der Waals surface area contributed by atoms with Gasteiger partial charge in [-0.05, 0) is 73.2 Å². The molecule has 1 aromatic heterocycles. The molecule has 2 unspecified atom stereocenters. The number of anilines is 1. The molecule has 2 aliphatic rings. The molecule has 2 aliphatic carbocycles. The van der Waals surface area contributed by atoms with Crippen LogP contribution in [-0.4, -0.2) is 23.8 Å². The first-order valence-electron chi connectivity index (χ1n) is 13.0. The fourth-order valence-corrected chi connectivity index (χ4v) is 7.20. The Morgan fingerprint density at radius 1 is 1.03 bits per heavy atom. The minimum absolute atomic E-state index is 0.0934. The summed E-state index contributed by atoms with van der Waals surface area (Å²) >= 11 is 1.25.